The van der Waals surface area contributed by atoms with Crippen molar-refractivity contribution in [1.82, 2.24) is 0 Å². The van der Waals surface area contributed by atoms with Crippen LogP contribution in [0.15, 0.2) is 91.0 Å². The summed E-state index contributed by atoms with van der Waals surface area (Å²) in [5.74, 6) is 0. The van der Waals surface area contributed by atoms with Gasteiger partial charge in [-0.05, 0) is 62.6 Å². The average molecular weight is 425 g/mol. The molecule has 0 N–H and O–H groups in total. The molecule has 0 saturated carbocycles. The number of benzene rings is 4. The highest BCUT2D eigenvalue weighted by molar-refractivity contribution is 7.79. The minimum absolute atomic E-state index is 0.165. The number of fused-ring (bicyclic) bond motifs is 1. The van der Waals surface area contributed by atoms with Gasteiger partial charge in [0.25, 0.3) is 0 Å². The molecule has 0 nitrogen and oxygen atoms in total. The average Bonchev–Trinajstić information content (AvgIpc) is 2.73. The van der Waals surface area contributed by atoms with Crippen LogP contribution < -0.4 is 15.9 Å². The Morgan fingerprint density at radius 1 is 0.452 bits per heavy atom. The third-order valence-corrected chi connectivity index (χ3v) is 8.40. The van der Waals surface area contributed by atoms with Crippen molar-refractivity contribution in [2.75, 3.05) is 0 Å². The van der Waals surface area contributed by atoms with E-state index < -0.39 is 7.92 Å². The topological polar surface area (TPSA) is 0 Å². The van der Waals surface area contributed by atoms with Crippen LogP contribution in [-0.2, 0) is 10.8 Å². The normalized spacial score (nSPS) is 12.5. The van der Waals surface area contributed by atoms with Crippen LogP contribution in [0.25, 0.3) is 10.8 Å². The third-order valence-electron chi connectivity index (χ3n) is 5.97. The summed E-state index contributed by atoms with van der Waals surface area (Å²) in [4.78, 5) is 0. The van der Waals surface area contributed by atoms with Crippen LogP contribution >= 0.6 is 7.92 Å². The molecule has 0 radical (unpaired) electrons. The van der Waals surface area contributed by atoms with Gasteiger partial charge in [0.1, 0.15) is 0 Å². The van der Waals surface area contributed by atoms with Crippen molar-refractivity contribution in [1.29, 1.82) is 0 Å². The summed E-state index contributed by atoms with van der Waals surface area (Å²) >= 11 is 0. The van der Waals surface area contributed by atoms with Crippen molar-refractivity contribution in [3.05, 3.63) is 102 Å². The van der Waals surface area contributed by atoms with Gasteiger partial charge in [0.05, 0.1) is 0 Å². The van der Waals surface area contributed by atoms with Crippen molar-refractivity contribution in [2.45, 2.75) is 52.4 Å². The van der Waals surface area contributed by atoms with Crippen LogP contribution in [0.3, 0.4) is 0 Å². The van der Waals surface area contributed by atoms with Crippen molar-refractivity contribution in [3.63, 3.8) is 0 Å². The molecule has 0 spiro atoms. The van der Waals surface area contributed by atoms with Gasteiger partial charge in [-0.25, -0.2) is 0 Å². The molecule has 0 heterocycles. The van der Waals surface area contributed by atoms with Gasteiger partial charge in [0, 0.05) is 0 Å². The summed E-state index contributed by atoms with van der Waals surface area (Å²) in [6, 6.07) is 34.3. The van der Waals surface area contributed by atoms with E-state index in [1.807, 2.05) is 0 Å². The Kier molecular flexibility index (Phi) is 5.80. The summed E-state index contributed by atoms with van der Waals surface area (Å²) in [6.07, 6.45) is 0. The molecular weight excluding hydrogens is 391 g/mol. The fourth-order valence-corrected chi connectivity index (χ4v) is 6.26. The molecule has 0 unspecified atom stereocenters. The Labute approximate surface area is 189 Å². The van der Waals surface area contributed by atoms with Gasteiger partial charge in [-0.2, -0.15) is 0 Å². The lowest BCUT2D eigenvalue weighted by atomic mass is 9.87. The van der Waals surface area contributed by atoms with Crippen LogP contribution in [-0.4, -0.2) is 0 Å². The third kappa shape index (κ3) is 4.76. The Morgan fingerprint density at radius 2 is 0.871 bits per heavy atom. The standard InChI is InChI=1S/C30H33P/c1-29(2,3)24-12-17-26(18-13-24)31(27-19-14-25(15-20-27)30(4,5)6)28-16-11-22-9-7-8-10-23(22)21-28/h7-21H,1-6H3. The molecule has 1 heteroatoms. The number of hydrogen-bond donors (Lipinski definition) is 0. The SMILES string of the molecule is CC(C)(C)c1ccc(P(c2ccc(C(C)(C)C)cc2)c2ccc3ccccc3c2)cc1. The maximum Gasteiger partial charge on any atom is -0.0132 e. The van der Waals surface area contributed by atoms with Crippen molar-refractivity contribution >= 4 is 34.6 Å². The quantitative estimate of drug-likeness (QED) is 0.305. The zero-order chi connectivity index (χ0) is 22.2. The van der Waals surface area contributed by atoms with Gasteiger partial charge in [0.2, 0.25) is 0 Å². The van der Waals surface area contributed by atoms with E-state index >= 15 is 0 Å². The van der Waals surface area contributed by atoms with E-state index in [0.717, 1.165) is 0 Å². The van der Waals surface area contributed by atoms with Gasteiger partial charge in [-0.3, -0.25) is 0 Å². The van der Waals surface area contributed by atoms with E-state index in [0.29, 0.717) is 0 Å². The molecule has 0 atom stereocenters. The minimum atomic E-state index is -0.616. The molecule has 4 aromatic carbocycles. The minimum Gasteiger partial charge on any atom is -0.0616 e. The molecule has 0 fully saturated rings. The predicted octanol–water partition coefficient (Wildman–Crippen LogP) is 7.19. The van der Waals surface area contributed by atoms with Crippen LogP contribution in [0.1, 0.15) is 52.7 Å². The zero-order valence-electron chi connectivity index (χ0n) is 19.6. The van der Waals surface area contributed by atoms with Gasteiger partial charge < -0.3 is 0 Å². The van der Waals surface area contributed by atoms with E-state index in [9.17, 15) is 0 Å². The Morgan fingerprint density at radius 3 is 1.32 bits per heavy atom. The fraction of sp³-hybridized carbons (Fsp3) is 0.267. The van der Waals surface area contributed by atoms with Gasteiger partial charge >= 0.3 is 0 Å². The summed E-state index contributed by atoms with van der Waals surface area (Å²) in [6.45, 7) is 13.7. The molecule has 0 aliphatic heterocycles. The second-order valence-electron chi connectivity index (χ2n) is 10.5. The molecule has 0 amide bonds. The molecule has 158 valence electrons. The lowest BCUT2D eigenvalue weighted by molar-refractivity contribution is 0.590. The summed E-state index contributed by atoms with van der Waals surface area (Å²) < 4.78 is 0. The molecule has 0 saturated heterocycles. The number of hydrogen-bond acceptors (Lipinski definition) is 0. The highest BCUT2D eigenvalue weighted by Gasteiger charge is 2.20. The highest BCUT2D eigenvalue weighted by Crippen LogP contribution is 2.35. The molecule has 0 bridgehead atoms. The first-order valence-corrected chi connectivity index (χ1v) is 12.5. The van der Waals surface area contributed by atoms with Gasteiger partial charge in [0.15, 0.2) is 0 Å². The maximum atomic E-state index is 2.39. The second kappa shape index (κ2) is 8.25. The zero-order valence-corrected chi connectivity index (χ0v) is 20.5. The molecule has 4 aromatic rings. The number of rotatable bonds is 3. The monoisotopic (exact) mass is 424 g/mol. The van der Waals surface area contributed by atoms with Crippen molar-refractivity contribution in [2.24, 2.45) is 0 Å². The summed E-state index contributed by atoms with van der Waals surface area (Å²) in [5.41, 5.74) is 3.09. The van der Waals surface area contributed by atoms with Crippen LogP contribution in [0, 0.1) is 0 Å². The van der Waals surface area contributed by atoms with E-state index in [2.05, 4.69) is 133 Å². The largest absolute Gasteiger partial charge is 0.0616 e. The maximum absolute atomic E-state index is 2.39. The Hall–Kier alpha value is -2.43. The van der Waals surface area contributed by atoms with Gasteiger partial charge in [-0.15, -0.1) is 0 Å². The van der Waals surface area contributed by atoms with Crippen LogP contribution in [0.4, 0.5) is 0 Å². The van der Waals surface area contributed by atoms with Crippen molar-refractivity contribution in [3.8, 4) is 0 Å². The molecular formula is C30H33P. The molecule has 0 aromatic heterocycles. The Bertz CT molecular complexity index is 1110. The van der Waals surface area contributed by atoms with E-state index in [1.165, 1.54) is 37.8 Å². The molecule has 0 aliphatic rings. The molecule has 0 aliphatic carbocycles. The second-order valence-corrected chi connectivity index (χ2v) is 12.7. The van der Waals surface area contributed by atoms with E-state index in [4.69, 9.17) is 0 Å². The summed E-state index contributed by atoms with van der Waals surface area (Å²) in [7, 11) is -0.616. The van der Waals surface area contributed by atoms with Crippen LogP contribution in [0.2, 0.25) is 0 Å². The summed E-state index contributed by atoms with van der Waals surface area (Å²) in [5, 5.41) is 6.82. The van der Waals surface area contributed by atoms with Crippen LogP contribution in [0.5, 0.6) is 0 Å². The fourth-order valence-electron chi connectivity index (χ4n) is 3.98. The first-order chi connectivity index (χ1) is 14.6. The lowest BCUT2D eigenvalue weighted by Gasteiger charge is -2.24. The van der Waals surface area contributed by atoms with Gasteiger partial charge in [-0.1, -0.05) is 126 Å². The lowest BCUT2D eigenvalue weighted by Crippen LogP contribution is -2.22. The van der Waals surface area contributed by atoms with E-state index in [1.54, 1.807) is 0 Å². The first kappa shape index (κ1) is 21.8. The highest BCUT2D eigenvalue weighted by atomic mass is 31.1. The van der Waals surface area contributed by atoms with E-state index in [-0.39, 0.29) is 10.8 Å². The Balaban J connectivity index is 1.83. The smallest absolute Gasteiger partial charge is 0.0132 e. The predicted molar refractivity (Wildman–Crippen MR) is 140 cm³/mol. The van der Waals surface area contributed by atoms with Crippen molar-refractivity contribution < 1.29 is 0 Å². The molecule has 31 heavy (non-hydrogen) atoms. The first-order valence-electron chi connectivity index (χ1n) is 11.1. The molecule has 4 rings (SSSR count).